The van der Waals surface area contributed by atoms with Crippen molar-refractivity contribution >= 4 is 22.9 Å². The number of benzene rings is 1. The predicted octanol–water partition coefficient (Wildman–Crippen LogP) is 2.63. The minimum atomic E-state index is -1.56. The van der Waals surface area contributed by atoms with Gasteiger partial charge in [-0.05, 0) is 29.8 Å². The maximum Gasteiger partial charge on any atom is 0.364 e. The lowest BCUT2D eigenvalue weighted by Crippen LogP contribution is -1.94. The third kappa shape index (κ3) is 2.06. The highest BCUT2D eigenvalue weighted by atomic mass is 19.1. The van der Waals surface area contributed by atoms with Crippen molar-refractivity contribution in [3.63, 3.8) is 0 Å². The SMILES string of the molecule is O=C(O)C(F)=Cc1ccc2ncccc2c1. The van der Waals surface area contributed by atoms with Crippen molar-refractivity contribution in [1.82, 2.24) is 4.98 Å². The van der Waals surface area contributed by atoms with Gasteiger partial charge >= 0.3 is 5.97 Å². The van der Waals surface area contributed by atoms with E-state index >= 15 is 0 Å². The molecule has 1 N–H and O–H groups in total. The molecule has 0 bridgehead atoms. The number of aliphatic carboxylic acids is 1. The van der Waals surface area contributed by atoms with Crippen molar-refractivity contribution in [3.05, 3.63) is 47.9 Å². The Morgan fingerprint density at radius 1 is 1.38 bits per heavy atom. The van der Waals surface area contributed by atoms with Crippen molar-refractivity contribution < 1.29 is 14.3 Å². The molecule has 2 aromatic rings. The largest absolute Gasteiger partial charge is 0.476 e. The van der Waals surface area contributed by atoms with Crippen LogP contribution in [-0.2, 0) is 4.79 Å². The summed E-state index contributed by atoms with van der Waals surface area (Å²) in [6.45, 7) is 0. The van der Waals surface area contributed by atoms with Crippen molar-refractivity contribution in [1.29, 1.82) is 0 Å². The van der Waals surface area contributed by atoms with Gasteiger partial charge < -0.3 is 5.11 Å². The number of pyridine rings is 1. The van der Waals surface area contributed by atoms with Crippen LogP contribution in [0.15, 0.2) is 42.4 Å². The molecular formula is C12H8FNO2. The van der Waals surface area contributed by atoms with Gasteiger partial charge in [0.05, 0.1) is 5.52 Å². The fourth-order valence-electron chi connectivity index (χ4n) is 1.39. The molecule has 0 saturated heterocycles. The molecule has 3 nitrogen and oxygen atoms in total. The first-order valence-electron chi connectivity index (χ1n) is 4.62. The number of halogens is 1. The van der Waals surface area contributed by atoms with E-state index in [-0.39, 0.29) is 0 Å². The van der Waals surface area contributed by atoms with E-state index in [1.54, 1.807) is 30.5 Å². The average molecular weight is 217 g/mol. The standard InChI is InChI=1S/C12H8FNO2/c13-10(12(15)16)7-8-3-4-11-9(6-8)2-1-5-14-11/h1-7H,(H,15,16). The molecule has 0 amide bonds. The van der Waals surface area contributed by atoms with Gasteiger partial charge in [-0.25, -0.2) is 4.79 Å². The Kier molecular flexibility index (Phi) is 2.64. The Morgan fingerprint density at radius 2 is 2.19 bits per heavy atom. The van der Waals surface area contributed by atoms with Crippen LogP contribution in [0.25, 0.3) is 17.0 Å². The van der Waals surface area contributed by atoms with Crippen LogP contribution in [-0.4, -0.2) is 16.1 Å². The van der Waals surface area contributed by atoms with Crippen LogP contribution in [0.5, 0.6) is 0 Å². The second-order valence-electron chi connectivity index (χ2n) is 3.25. The van der Waals surface area contributed by atoms with Gasteiger partial charge in [0, 0.05) is 11.6 Å². The lowest BCUT2D eigenvalue weighted by molar-refractivity contribution is -0.134. The molecule has 0 fully saturated rings. The second-order valence-corrected chi connectivity index (χ2v) is 3.25. The number of aromatic nitrogens is 1. The Hall–Kier alpha value is -2.23. The van der Waals surface area contributed by atoms with E-state index in [9.17, 15) is 9.18 Å². The summed E-state index contributed by atoms with van der Waals surface area (Å²) >= 11 is 0. The van der Waals surface area contributed by atoms with Gasteiger partial charge in [-0.1, -0.05) is 12.1 Å². The minimum absolute atomic E-state index is 0.500. The van der Waals surface area contributed by atoms with Gasteiger partial charge in [0.2, 0.25) is 5.83 Å². The summed E-state index contributed by atoms with van der Waals surface area (Å²) in [5.74, 6) is -2.74. The van der Waals surface area contributed by atoms with Gasteiger partial charge in [-0.2, -0.15) is 4.39 Å². The number of hydrogen-bond donors (Lipinski definition) is 1. The maximum absolute atomic E-state index is 12.9. The van der Waals surface area contributed by atoms with Crippen LogP contribution >= 0.6 is 0 Å². The lowest BCUT2D eigenvalue weighted by atomic mass is 10.1. The summed E-state index contributed by atoms with van der Waals surface area (Å²) in [5.41, 5.74) is 1.29. The molecule has 0 aliphatic rings. The molecule has 4 heteroatoms. The van der Waals surface area contributed by atoms with Gasteiger partial charge in [-0.15, -0.1) is 0 Å². The topological polar surface area (TPSA) is 50.2 Å². The highest BCUT2D eigenvalue weighted by molar-refractivity contribution is 5.90. The molecule has 80 valence electrons. The molecular weight excluding hydrogens is 209 g/mol. The molecule has 0 radical (unpaired) electrons. The summed E-state index contributed by atoms with van der Waals surface area (Å²) in [6.07, 6.45) is 2.64. The van der Waals surface area contributed by atoms with E-state index in [4.69, 9.17) is 5.11 Å². The molecule has 1 aromatic heterocycles. The first-order chi connectivity index (χ1) is 7.66. The normalized spacial score (nSPS) is 11.7. The number of carboxylic acid groups (broad SMARTS) is 1. The molecule has 0 atom stereocenters. The molecule has 0 aliphatic heterocycles. The predicted molar refractivity (Wildman–Crippen MR) is 58.5 cm³/mol. The Balaban J connectivity index is 2.47. The zero-order chi connectivity index (χ0) is 11.5. The molecule has 1 aromatic carbocycles. The summed E-state index contributed by atoms with van der Waals surface area (Å²) in [6, 6.07) is 8.63. The summed E-state index contributed by atoms with van der Waals surface area (Å²) < 4.78 is 12.9. The number of nitrogens with zero attached hydrogens (tertiary/aromatic N) is 1. The summed E-state index contributed by atoms with van der Waals surface area (Å²) in [7, 11) is 0. The summed E-state index contributed by atoms with van der Waals surface area (Å²) in [5, 5.41) is 9.24. The van der Waals surface area contributed by atoms with E-state index in [2.05, 4.69) is 4.98 Å². The van der Waals surface area contributed by atoms with E-state index < -0.39 is 11.8 Å². The molecule has 1 heterocycles. The Labute approximate surface area is 90.9 Å². The highest BCUT2D eigenvalue weighted by Gasteiger charge is 2.05. The Morgan fingerprint density at radius 3 is 2.94 bits per heavy atom. The number of carboxylic acids is 1. The quantitative estimate of drug-likeness (QED) is 0.786. The third-order valence-electron chi connectivity index (χ3n) is 2.12. The Bertz CT molecular complexity index is 578. The lowest BCUT2D eigenvalue weighted by Gasteiger charge is -1.98. The van der Waals surface area contributed by atoms with Gasteiger partial charge in [-0.3, -0.25) is 4.98 Å². The van der Waals surface area contributed by atoms with Crippen LogP contribution in [0.1, 0.15) is 5.56 Å². The zero-order valence-electron chi connectivity index (χ0n) is 8.22. The fraction of sp³-hybridized carbons (Fsp3) is 0. The van der Waals surface area contributed by atoms with Crippen LogP contribution in [0.3, 0.4) is 0 Å². The number of carbonyl (C=O) groups is 1. The monoisotopic (exact) mass is 217 g/mol. The molecule has 2 rings (SSSR count). The third-order valence-corrected chi connectivity index (χ3v) is 2.12. The molecule has 0 unspecified atom stereocenters. The first-order valence-corrected chi connectivity index (χ1v) is 4.62. The number of rotatable bonds is 2. The first kappa shape index (κ1) is 10.3. The van der Waals surface area contributed by atoms with Gasteiger partial charge in [0.1, 0.15) is 0 Å². The van der Waals surface area contributed by atoms with Crippen molar-refractivity contribution in [2.75, 3.05) is 0 Å². The maximum atomic E-state index is 12.9. The van der Waals surface area contributed by atoms with E-state index in [0.29, 0.717) is 5.56 Å². The molecule has 16 heavy (non-hydrogen) atoms. The van der Waals surface area contributed by atoms with E-state index in [0.717, 1.165) is 17.0 Å². The molecule has 0 aliphatic carbocycles. The second kappa shape index (κ2) is 4.10. The van der Waals surface area contributed by atoms with Crippen molar-refractivity contribution in [3.8, 4) is 0 Å². The van der Waals surface area contributed by atoms with E-state index in [1.165, 1.54) is 0 Å². The minimum Gasteiger partial charge on any atom is -0.476 e. The average Bonchev–Trinajstić information content (AvgIpc) is 2.28. The summed E-state index contributed by atoms with van der Waals surface area (Å²) in [4.78, 5) is 14.4. The fourth-order valence-corrected chi connectivity index (χ4v) is 1.39. The molecule has 0 saturated carbocycles. The highest BCUT2D eigenvalue weighted by Crippen LogP contribution is 2.16. The van der Waals surface area contributed by atoms with Gasteiger partial charge in [0.15, 0.2) is 0 Å². The molecule has 0 spiro atoms. The van der Waals surface area contributed by atoms with Crippen LogP contribution in [0, 0.1) is 0 Å². The van der Waals surface area contributed by atoms with Crippen molar-refractivity contribution in [2.45, 2.75) is 0 Å². The van der Waals surface area contributed by atoms with E-state index in [1.807, 2.05) is 6.07 Å². The number of hydrogen-bond acceptors (Lipinski definition) is 2. The van der Waals surface area contributed by atoms with Crippen LogP contribution in [0.2, 0.25) is 0 Å². The smallest absolute Gasteiger partial charge is 0.364 e. The van der Waals surface area contributed by atoms with Gasteiger partial charge in [0.25, 0.3) is 0 Å². The number of fused-ring (bicyclic) bond motifs is 1. The van der Waals surface area contributed by atoms with Crippen LogP contribution in [0.4, 0.5) is 4.39 Å². The van der Waals surface area contributed by atoms with Crippen molar-refractivity contribution in [2.24, 2.45) is 0 Å². The van der Waals surface area contributed by atoms with Crippen LogP contribution < -0.4 is 0 Å². The zero-order valence-corrected chi connectivity index (χ0v) is 8.22.